The van der Waals surface area contributed by atoms with Crippen LogP contribution in [0.25, 0.3) is 0 Å². The van der Waals surface area contributed by atoms with E-state index in [-0.39, 0.29) is 17.9 Å². The summed E-state index contributed by atoms with van der Waals surface area (Å²) in [4.78, 5) is 28.8. The molecule has 23 heavy (non-hydrogen) atoms. The quantitative estimate of drug-likeness (QED) is 0.839. The van der Waals surface area contributed by atoms with Gasteiger partial charge in [-0.3, -0.25) is 14.5 Å². The van der Waals surface area contributed by atoms with Gasteiger partial charge < -0.3 is 10.2 Å². The van der Waals surface area contributed by atoms with Crippen LogP contribution >= 0.6 is 0 Å². The molecule has 0 aromatic heterocycles. The summed E-state index contributed by atoms with van der Waals surface area (Å²) in [6, 6.07) is 0.669. The Morgan fingerprint density at radius 2 is 1.78 bits per heavy atom. The zero-order chi connectivity index (χ0) is 16.2. The van der Waals surface area contributed by atoms with E-state index < -0.39 is 0 Å². The first-order chi connectivity index (χ1) is 11.1. The second kappa shape index (κ2) is 7.65. The Balaban J connectivity index is 1.45. The van der Waals surface area contributed by atoms with Crippen molar-refractivity contribution in [3.05, 3.63) is 0 Å². The number of rotatable bonds is 5. The van der Waals surface area contributed by atoms with Crippen LogP contribution in [-0.4, -0.2) is 60.4 Å². The maximum Gasteiger partial charge on any atom is 0.234 e. The number of carbonyl (C=O) groups is 2. The molecule has 3 aliphatic rings. The number of piperidine rings is 1. The van der Waals surface area contributed by atoms with Gasteiger partial charge in [-0.1, -0.05) is 19.3 Å². The van der Waals surface area contributed by atoms with Crippen molar-refractivity contribution in [3.8, 4) is 0 Å². The van der Waals surface area contributed by atoms with Crippen molar-refractivity contribution in [3.63, 3.8) is 0 Å². The standard InChI is InChI=1S/C18H31N3O2/c1-20(18(23)14-6-4-7-14)16-10-5-11-21(12-16)13-17(22)19-15-8-2-3-9-15/h14-16H,2-13H2,1H3,(H,19,22). The number of amides is 2. The second-order valence-corrected chi connectivity index (χ2v) is 7.66. The molecule has 3 fully saturated rings. The van der Waals surface area contributed by atoms with Crippen LogP contribution in [0.4, 0.5) is 0 Å². The summed E-state index contributed by atoms with van der Waals surface area (Å²) in [7, 11) is 1.95. The highest BCUT2D eigenvalue weighted by Crippen LogP contribution is 2.29. The van der Waals surface area contributed by atoms with Crippen LogP contribution < -0.4 is 5.32 Å². The molecule has 1 heterocycles. The lowest BCUT2D eigenvalue weighted by molar-refractivity contribution is -0.140. The zero-order valence-electron chi connectivity index (χ0n) is 14.4. The molecule has 0 bridgehead atoms. The van der Waals surface area contributed by atoms with Crippen LogP contribution in [-0.2, 0) is 9.59 Å². The van der Waals surface area contributed by atoms with Gasteiger partial charge in [0.2, 0.25) is 11.8 Å². The van der Waals surface area contributed by atoms with Gasteiger partial charge in [0.25, 0.3) is 0 Å². The molecule has 0 spiro atoms. The van der Waals surface area contributed by atoms with Crippen LogP contribution in [0.15, 0.2) is 0 Å². The molecule has 2 amide bonds. The lowest BCUT2D eigenvalue weighted by Gasteiger charge is -2.40. The van der Waals surface area contributed by atoms with Gasteiger partial charge >= 0.3 is 0 Å². The van der Waals surface area contributed by atoms with Crippen LogP contribution in [0.5, 0.6) is 0 Å². The third-order valence-electron chi connectivity index (χ3n) is 5.92. The molecule has 3 rings (SSSR count). The van der Waals surface area contributed by atoms with Gasteiger partial charge in [-0.2, -0.15) is 0 Å². The first-order valence-corrected chi connectivity index (χ1v) is 9.42. The molecule has 130 valence electrons. The fraction of sp³-hybridized carbons (Fsp3) is 0.889. The Bertz CT molecular complexity index is 430. The molecule has 0 aromatic carbocycles. The predicted octanol–water partition coefficient (Wildman–Crippen LogP) is 1.77. The molecular weight excluding hydrogens is 290 g/mol. The van der Waals surface area contributed by atoms with Crippen molar-refractivity contribution in [2.75, 3.05) is 26.7 Å². The van der Waals surface area contributed by atoms with E-state index in [1.165, 1.54) is 19.3 Å². The minimum Gasteiger partial charge on any atom is -0.352 e. The van der Waals surface area contributed by atoms with E-state index in [4.69, 9.17) is 0 Å². The van der Waals surface area contributed by atoms with Crippen molar-refractivity contribution in [2.45, 2.75) is 69.9 Å². The van der Waals surface area contributed by atoms with Crippen molar-refractivity contribution >= 4 is 11.8 Å². The molecule has 2 saturated carbocycles. The Hall–Kier alpha value is -1.10. The predicted molar refractivity (Wildman–Crippen MR) is 90.0 cm³/mol. The number of hydrogen-bond acceptors (Lipinski definition) is 3. The molecule has 2 aliphatic carbocycles. The molecule has 1 N–H and O–H groups in total. The molecule has 5 nitrogen and oxygen atoms in total. The topological polar surface area (TPSA) is 52.7 Å². The largest absolute Gasteiger partial charge is 0.352 e. The van der Waals surface area contributed by atoms with E-state index in [0.29, 0.717) is 18.5 Å². The highest BCUT2D eigenvalue weighted by Gasteiger charge is 2.33. The van der Waals surface area contributed by atoms with Crippen LogP contribution in [0, 0.1) is 5.92 Å². The van der Waals surface area contributed by atoms with Crippen molar-refractivity contribution in [1.29, 1.82) is 0 Å². The van der Waals surface area contributed by atoms with E-state index in [2.05, 4.69) is 10.2 Å². The molecule has 1 aliphatic heterocycles. The average molecular weight is 321 g/mol. The number of nitrogens with one attached hydrogen (secondary N) is 1. The third-order valence-corrected chi connectivity index (χ3v) is 5.92. The number of likely N-dealkylation sites (N-methyl/N-ethyl adjacent to an activating group) is 1. The molecule has 1 saturated heterocycles. The number of likely N-dealkylation sites (tertiary alicyclic amines) is 1. The monoisotopic (exact) mass is 321 g/mol. The smallest absolute Gasteiger partial charge is 0.234 e. The summed E-state index contributed by atoms with van der Waals surface area (Å²) >= 11 is 0. The first-order valence-electron chi connectivity index (χ1n) is 9.42. The highest BCUT2D eigenvalue weighted by molar-refractivity contribution is 5.80. The summed E-state index contributed by atoms with van der Waals surface area (Å²) in [5, 5.41) is 3.17. The van der Waals surface area contributed by atoms with E-state index in [1.807, 2.05) is 11.9 Å². The minimum atomic E-state index is 0.158. The fourth-order valence-electron chi connectivity index (χ4n) is 4.16. The molecule has 0 radical (unpaired) electrons. The number of hydrogen-bond donors (Lipinski definition) is 1. The van der Waals surface area contributed by atoms with Crippen LogP contribution in [0.2, 0.25) is 0 Å². The Morgan fingerprint density at radius 1 is 1.04 bits per heavy atom. The maximum atomic E-state index is 12.4. The van der Waals surface area contributed by atoms with Crippen LogP contribution in [0.1, 0.15) is 57.8 Å². The van der Waals surface area contributed by atoms with E-state index in [9.17, 15) is 9.59 Å². The summed E-state index contributed by atoms with van der Waals surface area (Å²) in [6.07, 6.45) is 10.2. The SMILES string of the molecule is CN(C(=O)C1CCC1)C1CCCN(CC(=O)NC2CCCC2)C1. The van der Waals surface area contributed by atoms with Crippen molar-refractivity contribution < 1.29 is 9.59 Å². The molecular formula is C18H31N3O2. The normalized spacial score (nSPS) is 26.7. The molecule has 1 atom stereocenters. The molecule has 0 aromatic rings. The Labute approximate surface area is 139 Å². The summed E-state index contributed by atoms with van der Waals surface area (Å²) in [6.45, 7) is 2.30. The second-order valence-electron chi connectivity index (χ2n) is 7.66. The zero-order valence-corrected chi connectivity index (χ0v) is 14.4. The lowest BCUT2D eigenvalue weighted by Crippen LogP contribution is -2.52. The average Bonchev–Trinajstić information content (AvgIpc) is 2.97. The van der Waals surface area contributed by atoms with Crippen LogP contribution in [0.3, 0.4) is 0 Å². The van der Waals surface area contributed by atoms with Gasteiger partial charge in [0.15, 0.2) is 0 Å². The minimum absolute atomic E-state index is 0.158. The number of nitrogens with zero attached hydrogens (tertiary/aromatic N) is 2. The van der Waals surface area contributed by atoms with Crippen molar-refractivity contribution in [2.24, 2.45) is 5.92 Å². The molecule has 1 unspecified atom stereocenters. The third kappa shape index (κ3) is 4.25. The fourth-order valence-corrected chi connectivity index (χ4v) is 4.16. The van der Waals surface area contributed by atoms with E-state index in [1.54, 1.807) is 0 Å². The van der Waals surface area contributed by atoms with Gasteiger partial charge in [-0.25, -0.2) is 0 Å². The van der Waals surface area contributed by atoms with Crippen molar-refractivity contribution in [1.82, 2.24) is 15.1 Å². The summed E-state index contributed by atoms with van der Waals surface area (Å²) in [5.41, 5.74) is 0. The van der Waals surface area contributed by atoms with Gasteiger partial charge in [0.1, 0.15) is 0 Å². The summed E-state index contributed by atoms with van der Waals surface area (Å²) < 4.78 is 0. The number of carbonyl (C=O) groups excluding carboxylic acids is 2. The summed E-state index contributed by atoms with van der Waals surface area (Å²) in [5.74, 6) is 0.741. The Kier molecular flexibility index (Phi) is 5.57. The van der Waals surface area contributed by atoms with Gasteiger partial charge in [-0.05, 0) is 45.1 Å². The molecule has 5 heteroatoms. The van der Waals surface area contributed by atoms with Gasteiger partial charge in [0.05, 0.1) is 6.54 Å². The van der Waals surface area contributed by atoms with Gasteiger partial charge in [0, 0.05) is 31.6 Å². The van der Waals surface area contributed by atoms with E-state index >= 15 is 0 Å². The highest BCUT2D eigenvalue weighted by atomic mass is 16.2. The van der Waals surface area contributed by atoms with E-state index in [0.717, 1.165) is 51.6 Å². The van der Waals surface area contributed by atoms with Gasteiger partial charge in [-0.15, -0.1) is 0 Å². The first kappa shape index (κ1) is 16.7. The maximum absolute atomic E-state index is 12.4. The Morgan fingerprint density at radius 3 is 2.43 bits per heavy atom. The lowest BCUT2D eigenvalue weighted by atomic mass is 9.84.